The Balaban J connectivity index is 0.000000342. The summed E-state index contributed by atoms with van der Waals surface area (Å²) in [7, 11) is 4.76. The molecule has 0 aromatic heterocycles. The van der Waals surface area contributed by atoms with Crippen molar-refractivity contribution in [2.75, 3.05) is 0 Å². The summed E-state index contributed by atoms with van der Waals surface area (Å²) in [5.41, 5.74) is 1.64. The summed E-state index contributed by atoms with van der Waals surface area (Å²) in [5.74, 6) is 0.402. The van der Waals surface area contributed by atoms with Crippen LogP contribution in [0, 0.1) is 6.92 Å². The van der Waals surface area contributed by atoms with Gasteiger partial charge in [-0.2, -0.15) is 30.2 Å². The quantitative estimate of drug-likeness (QED) is 0.236. The van der Waals surface area contributed by atoms with E-state index in [0.717, 1.165) is 28.4 Å². The van der Waals surface area contributed by atoms with Crippen LogP contribution < -0.4 is 0 Å². The first-order chi connectivity index (χ1) is 9.97. The van der Waals surface area contributed by atoms with Crippen LogP contribution >= 0.6 is 67.7 Å². The van der Waals surface area contributed by atoms with Gasteiger partial charge in [-0.3, -0.25) is 0 Å². The van der Waals surface area contributed by atoms with Gasteiger partial charge in [-0.15, -0.1) is 17.7 Å². The molecule has 2 aromatic rings. The van der Waals surface area contributed by atoms with Gasteiger partial charge in [-0.05, 0) is 16.7 Å². The number of hydrogen-bond acceptors (Lipinski definition) is 0. The third-order valence-electron chi connectivity index (χ3n) is 2.21. The molecule has 0 spiro atoms. The second kappa shape index (κ2) is 12.1. The van der Waals surface area contributed by atoms with Crippen molar-refractivity contribution < 1.29 is 17.3 Å². The van der Waals surface area contributed by atoms with E-state index in [1.165, 1.54) is 0 Å². The first kappa shape index (κ1) is 21.7. The average molecular weight is 456 g/mol. The number of alkyl halides is 1. The molecule has 110 valence electrons. The summed E-state index contributed by atoms with van der Waals surface area (Å²) in [5, 5.41) is 2.21. The van der Waals surface area contributed by atoms with Gasteiger partial charge in [0.15, 0.2) is 0 Å². The van der Waals surface area contributed by atoms with Crippen LogP contribution in [0.3, 0.4) is 0 Å². The van der Waals surface area contributed by atoms with Gasteiger partial charge in [-0.1, -0.05) is 53.0 Å². The van der Waals surface area contributed by atoms with Crippen LogP contribution in [0.1, 0.15) is 11.1 Å². The molecular weight excluding hydrogens is 446 g/mol. The van der Waals surface area contributed by atoms with E-state index in [1.807, 2.05) is 24.3 Å². The summed E-state index contributed by atoms with van der Waals surface area (Å²) >= 11 is 29.2. The first-order valence-electron chi connectivity index (χ1n) is 5.49. The molecule has 0 bridgehead atoms. The second-order valence-electron chi connectivity index (χ2n) is 3.56. The Bertz CT molecular complexity index is 539. The molecule has 0 aliphatic carbocycles. The fraction of sp³-hybridized carbons (Fsp3) is 0.0714. The molecule has 21 heavy (non-hydrogen) atoms. The monoisotopic (exact) mass is 452 g/mol. The Hall–Kier alpha value is 0.673. The van der Waals surface area contributed by atoms with E-state index in [-0.39, 0.29) is 0 Å². The summed E-state index contributed by atoms with van der Waals surface area (Å²) in [4.78, 5) is 0. The molecule has 0 N–H and O–H groups in total. The zero-order chi connectivity index (χ0) is 16.4. The normalized spacial score (nSPS) is 9.14. The van der Waals surface area contributed by atoms with Crippen molar-refractivity contribution in [2.24, 2.45) is 0 Å². The Morgan fingerprint density at radius 3 is 1.67 bits per heavy atom. The molecular formula is C14H10Cl6Zn. The molecule has 0 unspecified atom stereocenters. The van der Waals surface area contributed by atoms with E-state index >= 15 is 0 Å². The van der Waals surface area contributed by atoms with Crippen molar-refractivity contribution >= 4 is 67.7 Å². The van der Waals surface area contributed by atoms with Crippen LogP contribution in [-0.4, -0.2) is 0 Å². The summed E-state index contributed by atoms with van der Waals surface area (Å²) in [6, 6.07) is 10.8. The van der Waals surface area contributed by atoms with Gasteiger partial charge in [0.25, 0.3) is 0 Å². The molecule has 0 amide bonds. The van der Waals surface area contributed by atoms with Gasteiger partial charge in [0, 0.05) is 10.9 Å². The van der Waals surface area contributed by atoms with E-state index in [9.17, 15) is 0 Å². The van der Waals surface area contributed by atoms with Crippen molar-refractivity contribution in [2.45, 2.75) is 5.88 Å². The van der Waals surface area contributed by atoms with Gasteiger partial charge in [-0.25, -0.2) is 0 Å². The predicted molar refractivity (Wildman–Crippen MR) is 92.8 cm³/mol. The van der Waals surface area contributed by atoms with Crippen LogP contribution in [0.2, 0.25) is 20.1 Å². The van der Waals surface area contributed by atoms with E-state index < -0.39 is 0 Å². The summed E-state index contributed by atoms with van der Waals surface area (Å²) in [6.07, 6.45) is 0. The van der Waals surface area contributed by atoms with Crippen molar-refractivity contribution in [3.8, 4) is 0 Å². The number of rotatable bonds is 1. The number of hydrogen-bond donors (Lipinski definition) is 0. The topological polar surface area (TPSA) is 0 Å². The molecule has 2 aromatic carbocycles. The zero-order valence-electron chi connectivity index (χ0n) is 10.9. The van der Waals surface area contributed by atoms with Crippen molar-refractivity contribution in [3.63, 3.8) is 0 Å². The third kappa shape index (κ3) is 7.66. The summed E-state index contributed by atoms with van der Waals surface area (Å²) in [6.45, 7) is 3.66. The average Bonchev–Trinajstić information content (AvgIpc) is 2.50. The van der Waals surface area contributed by atoms with E-state index in [4.69, 9.17) is 67.7 Å². The van der Waals surface area contributed by atoms with Crippen LogP contribution in [0.25, 0.3) is 0 Å². The molecule has 0 fully saturated rings. The number of halogens is 6. The van der Waals surface area contributed by atoms with Crippen molar-refractivity contribution in [1.82, 2.24) is 0 Å². The third-order valence-corrected chi connectivity index (χ3v) is 4.21. The minimum atomic E-state index is 0.402. The fourth-order valence-electron chi connectivity index (χ4n) is 1.20. The van der Waals surface area contributed by atoms with Gasteiger partial charge in [0.1, 0.15) is 0 Å². The van der Waals surface area contributed by atoms with Crippen LogP contribution in [0.15, 0.2) is 36.4 Å². The Morgan fingerprint density at radius 2 is 1.29 bits per heavy atom. The molecule has 0 heterocycles. The Morgan fingerprint density at radius 1 is 0.810 bits per heavy atom. The molecule has 2 rings (SSSR count). The van der Waals surface area contributed by atoms with Crippen molar-refractivity contribution in [1.29, 1.82) is 0 Å². The molecule has 0 saturated heterocycles. The molecule has 0 atom stereocenters. The predicted octanol–water partition coefficient (Wildman–Crippen LogP) is 7.59. The standard InChI is InChI=1S/C7H5Cl3.C7H5Cl2.ClH.Zn/c8-4-5-2-1-3-6(9)7(5)10;1-5-3-2-4-6(8)7(5)9;;/h1-3H,4H2;2-4H,1H2;1H;/q;-1;;+2/p-1. The zero-order valence-corrected chi connectivity index (χ0v) is 18.4. The van der Waals surface area contributed by atoms with Gasteiger partial charge < -0.3 is 0 Å². The molecule has 0 saturated carbocycles. The second-order valence-corrected chi connectivity index (χ2v) is 5.40. The summed E-state index contributed by atoms with van der Waals surface area (Å²) < 4.78 is 0. The fourth-order valence-corrected chi connectivity index (χ4v) is 2.20. The molecule has 0 nitrogen and oxygen atoms in total. The number of benzene rings is 2. The minimum absolute atomic E-state index is 0.402. The van der Waals surface area contributed by atoms with E-state index in [2.05, 4.69) is 6.92 Å². The Kier molecular flexibility index (Phi) is 12.5. The molecule has 0 aliphatic heterocycles. The van der Waals surface area contributed by atoms with Gasteiger partial charge in [0.05, 0.1) is 10.0 Å². The molecule has 0 aliphatic rings. The molecule has 7 heteroatoms. The SMILES string of the molecule is ClCc1cccc(Cl)c1Cl.[CH2-]c1cccc(Cl)c1Cl.[Cl][Zn+]. The van der Waals surface area contributed by atoms with Crippen LogP contribution in [0.5, 0.6) is 0 Å². The van der Waals surface area contributed by atoms with E-state index in [1.54, 1.807) is 12.1 Å². The maximum atomic E-state index is 5.78. The first-order valence-corrected chi connectivity index (χ1v) is 11.4. The van der Waals surface area contributed by atoms with Crippen molar-refractivity contribution in [3.05, 3.63) is 74.5 Å². The molecule has 0 radical (unpaired) electrons. The van der Waals surface area contributed by atoms with E-state index in [0.29, 0.717) is 26.0 Å². The van der Waals surface area contributed by atoms with Gasteiger partial charge >= 0.3 is 27.0 Å². The maximum absolute atomic E-state index is 5.78. The van der Waals surface area contributed by atoms with Crippen LogP contribution in [-0.2, 0) is 23.2 Å². The van der Waals surface area contributed by atoms with Gasteiger partial charge in [0.2, 0.25) is 0 Å². The van der Waals surface area contributed by atoms with Crippen LogP contribution in [0.4, 0.5) is 0 Å². The Labute approximate surface area is 164 Å².